The summed E-state index contributed by atoms with van der Waals surface area (Å²) in [6.45, 7) is 2.82. The summed E-state index contributed by atoms with van der Waals surface area (Å²) < 4.78 is 2.88. The number of halogens is 1. The number of hydrogen-bond donors (Lipinski definition) is 2. The van der Waals surface area contributed by atoms with Crippen molar-refractivity contribution in [2.45, 2.75) is 26.3 Å². The van der Waals surface area contributed by atoms with Crippen LogP contribution in [0.4, 0.5) is 0 Å². The zero-order valence-corrected chi connectivity index (χ0v) is 14.5. The third-order valence-corrected chi connectivity index (χ3v) is 4.50. The highest BCUT2D eigenvalue weighted by Gasteiger charge is 2.38. The molecular weight excluding hydrogens is 360 g/mol. The van der Waals surface area contributed by atoms with Gasteiger partial charge in [-0.25, -0.2) is 4.98 Å². The molecular formula is C16H19BrN4O2. The predicted molar refractivity (Wildman–Crippen MR) is 89.6 cm³/mol. The van der Waals surface area contributed by atoms with Gasteiger partial charge in [0.25, 0.3) is 0 Å². The highest BCUT2D eigenvalue weighted by molar-refractivity contribution is 9.10. The van der Waals surface area contributed by atoms with E-state index in [1.807, 2.05) is 28.9 Å². The Morgan fingerprint density at radius 1 is 1.35 bits per heavy atom. The average molecular weight is 379 g/mol. The second kappa shape index (κ2) is 6.70. The van der Waals surface area contributed by atoms with Crippen LogP contribution in [0.5, 0.6) is 0 Å². The first kappa shape index (κ1) is 16.0. The monoisotopic (exact) mass is 378 g/mol. The van der Waals surface area contributed by atoms with E-state index in [2.05, 4.69) is 38.5 Å². The number of rotatable bonds is 6. The van der Waals surface area contributed by atoms with E-state index >= 15 is 0 Å². The molecule has 0 spiro atoms. The van der Waals surface area contributed by atoms with E-state index in [1.165, 1.54) is 0 Å². The Morgan fingerprint density at radius 2 is 2.13 bits per heavy atom. The van der Waals surface area contributed by atoms with Crippen LogP contribution in [-0.4, -0.2) is 27.7 Å². The number of pyridine rings is 1. The van der Waals surface area contributed by atoms with Crippen LogP contribution in [0.2, 0.25) is 0 Å². The molecule has 2 aromatic rings. The summed E-state index contributed by atoms with van der Waals surface area (Å²) in [4.78, 5) is 27.9. The van der Waals surface area contributed by atoms with Crippen LogP contribution in [-0.2, 0) is 16.1 Å². The first-order chi connectivity index (χ1) is 11.0. The highest BCUT2D eigenvalue weighted by atomic mass is 79.9. The van der Waals surface area contributed by atoms with E-state index < -0.39 is 0 Å². The van der Waals surface area contributed by atoms with E-state index in [1.54, 1.807) is 0 Å². The molecule has 0 saturated heterocycles. The number of carbonyl (C=O) groups excluding carboxylic acids is 2. The smallest absolute Gasteiger partial charge is 0.223 e. The molecule has 0 radical (unpaired) electrons. The van der Waals surface area contributed by atoms with Gasteiger partial charge in [-0.05, 0) is 40.4 Å². The molecule has 0 bridgehead atoms. The second-order valence-corrected chi connectivity index (χ2v) is 6.90. The van der Waals surface area contributed by atoms with Crippen molar-refractivity contribution in [3.8, 4) is 0 Å². The van der Waals surface area contributed by atoms with Gasteiger partial charge < -0.3 is 15.0 Å². The van der Waals surface area contributed by atoms with E-state index in [0.717, 1.165) is 22.2 Å². The molecule has 1 fully saturated rings. The maximum absolute atomic E-state index is 11.8. The Kier molecular flexibility index (Phi) is 4.66. The maximum Gasteiger partial charge on any atom is 0.223 e. The molecule has 1 saturated carbocycles. The van der Waals surface area contributed by atoms with Crippen LogP contribution >= 0.6 is 15.9 Å². The fourth-order valence-electron chi connectivity index (χ4n) is 2.50. The molecule has 2 aromatic heterocycles. The van der Waals surface area contributed by atoms with Crippen LogP contribution in [0, 0.1) is 11.8 Å². The highest BCUT2D eigenvalue weighted by Crippen LogP contribution is 2.37. The van der Waals surface area contributed by atoms with Crippen molar-refractivity contribution in [1.82, 2.24) is 20.0 Å². The standard InChI is InChI=1S/C16H19BrN4O2/c1-10-6-13(10)16(23)18-5-4-15(22)19-7-12-9-21-8-11(17)2-3-14(21)20-12/h2-3,8-10,13H,4-7H2,1H3,(H,18,23)(H,19,22)/t10-,13-/m0/s1. The Morgan fingerprint density at radius 3 is 2.87 bits per heavy atom. The van der Waals surface area contributed by atoms with Gasteiger partial charge in [0.15, 0.2) is 0 Å². The van der Waals surface area contributed by atoms with Gasteiger partial charge in [-0.1, -0.05) is 6.92 Å². The first-order valence-corrected chi connectivity index (χ1v) is 8.50. The summed E-state index contributed by atoms with van der Waals surface area (Å²) in [5.41, 5.74) is 1.63. The topological polar surface area (TPSA) is 75.5 Å². The van der Waals surface area contributed by atoms with Crippen LogP contribution in [0.25, 0.3) is 5.65 Å². The lowest BCUT2D eigenvalue weighted by Gasteiger charge is -2.05. The van der Waals surface area contributed by atoms with Gasteiger partial charge in [-0.15, -0.1) is 0 Å². The Balaban J connectivity index is 1.42. The molecule has 1 aliphatic rings. The number of imidazole rings is 1. The van der Waals surface area contributed by atoms with E-state index in [4.69, 9.17) is 0 Å². The van der Waals surface area contributed by atoms with Gasteiger partial charge >= 0.3 is 0 Å². The molecule has 2 heterocycles. The largest absolute Gasteiger partial charge is 0.355 e. The number of nitrogens with one attached hydrogen (secondary N) is 2. The molecule has 0 unspecified atom stereocenters. The van der Waals surface area contributed by atoms with Crippen LogP contribution in [0.3, 0.4) is 0 Å². The van der Waals surface area contributed by atoms with Crippen molar-refractivity contribution in [3.05, 3.63) is 34.7 Å². The Hall–Kier alpha value is -1.89. The minimum atomic E-state index is -0.0904. The number of fused-ring (bicyclic) bond motifs is 1. The number of carbonyl (C=O) groups is 2. The molecule has 3 rings (SSSR count). The average Bonchev–Trinajstić information content (AvgIpc) is 3.10. The van der Waals surface area contributed by atoms with Gasteiger partial charge in [-0.2, -0.15) is 0 Å². The van der Waals surface area contributed by atoms with Crippen molar-refractivity contribution in [1.29, 1.82) is 0 Å². The summed E-state index contributed by atoms with van der Waals surface area (Å²) in [7, 11) is 0. The molecule has 2 amide bonds. The van der Waals surface area contributed by atoms with Gasteiger partial charge in [0.1, 0.15) is 5.65 Å². The molecule has 6 nitrogen and oxygen atoms in total. The van der Waals surface area contributed by atoms with Gasteiger partial charge in [0.05, 0.1) is 12.2 Å². The Bertz CT molecular complexity index is 743. The zero-order chi connectivity index (χ0) is 16.4. The predicted octanol–water partition coefficient (Wildman–Crippen LogP) is 1.88. The first-order valence-electron chi connectivity index (χ1n) is 7.70. The molecule has 1 aliphatic carbocycles. The molecule has 7 heteroatoms. The van der Waals surface area contributed by atoms with Crippen LogP contribution < -0.4 is 10.6 Å². The van der Waals surface area contributed by atoms with E-state index in [0.29, 0.717) is 19.0 Å². The molecule has 0 aliphatic heterocycles. The second-order valence-electron chi connectivity index (χ2n) is 5.98. The SMILES string of the molecule is C[C@H]1C[C@@H]1C(=O)NCCC(=O)NCc1cn2cc(Br)ccc2n1. The summed E-state index contributed by atoms with van der Waals surface area (Å²) in [5, 5.41) is 5.63. The number of nitrogens with zero attached hydrogens (tertiary/aromatic N) is 2. The zero-order valence-electron chi connectivity index (χ0n) is 12.9. The Labute approximate surface area is 142 Å². The van der Waals surface area contributed by atoms with Gasteiger partial charge in [0, 0.05) is 35.7 Å². The van der Waals surface area contributed by atoms with E-state index in [9.17, 15) is 9.59 Å². The van der Waals surface area contributed by atoms with E-state index in [-0.39, 0.29) is 24.2 Å². The number of amides is 2. The van der Waals surface area contributed by atoms with Crippen molar-refractivity contribution >= 4 is 33.4 Å². The maximum atomic E-state index is 11.8. The third kappa shape index (κ3) is 4.10. The molecule has 2 atom stereocenters. The third-order valence-electron chi connectivity index (χ3n) is 4.03. The summed E-state index contributed by atoms with van der Waals surface area (Å²) >= 11 is 3.41. The summed E-state index contributed by atoms with van der Waals surface area (Å²) in [6, 6.07) is 3.83. The normalized spacial score (nSPS) is 19.6. The van der Waals surface area contributed by atoms with Crippen molar-refractivity contribution in [2.75, 3.05) is 6.54 Å². The number of aromatic nitrogens is 2. The molecule has 122 valence electrons. The van der Waals surface area contributed by atoms with Crippen molar-refractivity contribution < 1.29 is 9.59 Å². The lowest BCUT2D eigenvalue weighted by Crippen LogP contribution is -2.31. The summed E-state index contributed by atoms with van der Waals surface area (Å²) in [5.74, 6) is 0.609. The molecule has 0 aromatic carbocycles. The van der Waals surface area contributed by atoms with Crippen LogP contribution in [0.15, 0.2) is 29.0 Å². The number of hydrogen-bond acceptors (Lipinski definition) is 3. The quantitative estimate of drug-likeness (QED) is 0.805. The molecule has 2 N–H and O–H groups in total. The van der Waals surface area contributed by atoms with Gasteiger partial charge in [-0.3, -0.25) is 9.59 Å². The minimum absolute atomic E-state index is 0.0660. The van der Waals surface area contributed by atoms with Crippen LogP contribution in [0.1, 0.15) is 25.5 Å². The van der Waals surface area contributed by atoms with Crippen molar-refractivity contribution in [3.63, 3.8) is 0 Å². The summed E-state index contributed by atoms with van der Waals surface area (Å²) in [6.07, 6.45) is 5.05. The van der Waals surface area contributed by atoms with Gasteiger partial charge in [0.2, 0.25) is 11.8 Å². The fourth-order valence-corrected chi connectivity index (χ4v) is 2.85. The lowest BCUT2D eigenvalue weighted by atomic mass is 10.3. The minimum Gasteiger partial charge on any atom is -0.355 e. The fraction of sp³-hybridized carbons (Fsp3) is 0.438. The van der Waals surface area contributed by atoms with Crippen molar-refractivity contribution in [2.24, 2.45) is 11.8 Å². The molecule has 23 heavy (non-hydrogen) atoms. The lowest BCUT2D eigenvalue weighted by molar-refractivity contribution is -0.123.